The molecule has 0 spiro atoms. The lowest BCUT2D eigenvalue weighted by atomic mass is 10.1. The minimum absolute atomic E-state index is 0.784. The molecule has 0 saturated carbocycles. The van der Waals surface area contributed by atoms with Crippen LogP contribution in [0.15, 0.2) is 91.1 Å². The minimum Gasteiger partial charge on any atom is -0.308 e. The zero-order valence-electron chi connectivity index (χ0n) is 17.2. The third kappa shape index (κ3) is 1.96. The van der Waals surface area contributed by atoms with Gasteiger partial charge in [-0.1, -0.05) is 72.8 Å². The molecule has 4 aromatic carbocycles. The molecule has 0 aliphatic heterocycles. The molecule has 3 heteroatoms. The summed E-state index contributed by atoms with van der Waals surface area (Å²) in [5, 5.41) is 5.17. The Morgan fingerprint density at radius 2 is 1.44 bits per heavy atom. The van der Waals surface area contributed by atoms with E-state index in [9.17, 15) is 0 Å². The van der Waals surface area contributed by atoms with E-state index in [0.717, 1.165) is 23.5 Å². The second-order valence-corrected chi connectivity index (χ2v) is 8.69. The van der Waals surface area contributed by atoms with Crippen LogP contribution in [0.5, 0.6) is 0 Å². The second-order valence-electron chi connectivity index (χ2n) is 8.69. The van der Waals surface area contributed by atoms with Crippen LogP contribution in [-0.4, -0.2) is 14.4 Å². The highest BCUT2D eigenvalue weighted by Crippen LogP contribution is 2.40. The molecular formula is C29H17N3. The van der Waals surface area contributed by atoms with Crippen LogP contribution < -0.4 is 0 Å². The summed E-state index contributed by atoms with van der Waals surface area (Å²) in [6, 6.07) is 30.5. The molecular weight excluding hydrogens is 390 g/mol. The van der Waals surface area contributed by atoms with E-state index in [1.165, 1.54) is 54.8 Å². The van der Waals surface area contributed by atoms with Crippen LogP contribution in [0.3, 0.4) is 0 Å². The fourth-order valence-electron chi connectivity index (χ4n) is 5.59. The molecule has 0 amide bonds. The SMILES string of the molecule is c1ccc2c(c1)Cc1cnc(-c3ccc4c5cccc6c7ccccc7n(c4c3)c65)nc1-2. The maximum Gasteiger partial charge on any atom is 0.159 e. The van der Waals surface area contributed by atoms with E-state index in [1.54, 1.807) is 0 Å². The van der Waals surface area contributed by atoms with Crippen LogP contribution in [0, 0.1) is 0 Å². The molecule has 0 unspecified atom stereocenters. The molecule has 3 aromatic heterocycles. The number of benzene rings is 4. The molecule has 1 aliphatic carbocycles. The van der Waals surface area contributed by atoms with Gasteiger partial charge in [0.15, 0.2) is 5.82 Å². The predicted molar refractivity (Wildman–Crippen MR) is 130 cm³/mol. The second kappa shape index (κ2) is 5.71. The van der Waals surface area contributed by atoms with Gasteiger partial charge < -0.3 is 4.40 Å². The van der Waals surface area contributed by atoms with E-state index < -0.39 is 0 Å². The molecule has 148 valence electrons. The normalized spacial score (nSPS) is 12.9. The van der Waals surface area contributed by atoms with Crippen LogP contribution in [0.25, 0.3) is 60.7 Å². The number of hydrogen-bond acceptors (Lipinski definition) is 2. The smallest absolute Gasteiger partial charge is 0.159 e. The lowest BCUT2D eigenvalue weighted by Crippen LogP contribution is -1.93. The monoisotopic (exact) mass is 407 g/mol. The molecule has 0 atom stereocenters. The van der Waals surface area contributed by atoms with Gasteiger partial charge in [0.2, 0.25) is 0 Å². The van der Waals surface area contributed by atoms with Crippen molar-refractivity contribution >= 4 is 38.1 Å². The number of nitrogens with zero attached hydrogens (tertiary/aromatic N) is 3. The first-order valence-electron chi connectivity index (χ1n) is 11.0. The maximum atomic E-state index is 5.02. The highest BCUT2D eigenvalue weighted by atomic mass is 14.9. The van der Waals surface area contributed by atoms with E-state index in [2.05, 4.69) is 89.3 Å². The van der Waals surface area contributed by atoms with Crippen molar-refractivity contribution in [2.24, 2.45) is 0 Å². The minimum atomic E-state index is 0.784. The standard InChI is InChI=1S/C29H17N3/c1-2-7-20-17(6-1)14-19-16-30-29(31-27(19)20)18-12-13-22-24-10-5-9-23-21-8-3-4-11-25(21)32(28(23)24)26(22)15-18/h1-13,15-16H,14H2. The quantitative estimate of drug-likeness (QED) is 0.297. The van der Waals surface area contributed by atoms with Crippen LogP contribution in [0.2, 0.25) is 0 Å². The third-order valence-corrected chi connectivity index (χ3v) is 7.00. The van der Waals surface area contributed by atoms with Crippen LogP contribution in [0.4, 0.5) is 0 Å². The van der Waals surface area contributed by atoms with Gasteiger partial charge in [0, 0.05) is 50.9 Å². The number of aromatic nitrogens is 3. The molecule has 0 fully saturated rings. The van der Waals surface area contributed by atoms with E-state index in [0.29, 0.717) is 0 Å². The highest BCUT2D eigenvalue weighted by molar-refractivity contribution is 6.23. The molecule has 32 heavy (non-hydrogen) atoms. The molecule has 7 aromatic rings. The lowest BCUT2D eigenvalue weighted by molar-refractivity contribution is 1.13. The molecule has 0 saturated heterocycles. The first kappa shape index (κ1) is 16.5. The molecule has 0 bridgehead atoms. The van der Waals surface area contributed by atoms with Gasteiger partial charge in [-0.25, -0.2) is 9.97 Å². The van der Waals surface area contributed by atoms with Crippen LogP contribution in [0.1, 0.15) is 11.1 Å². The Morgan fingerprint density at radius 1 is 0.656 bits per heavy atom. The van der Waals surface area contributed by atoms with Crippen molar-refractivity contribution in [1.82, 2.24) is 14.4 Å². The third-order valence-electron chi connectivity index (χ3n) is 7.00. The van der Waals surface area contributed by atoms with Gasteiger partial charge in [-0.2, -0.15) is 0 Å². The Hall–Kier alpha value is -4.24. The largest absolute Gasteiger partial charge is 0.308 e. The molecule has 0 radical (unpaired) electrons. The maximum absolute atomic E-state index is 5.02. The van der Waals surface area contributed by atoms with Crippen LogP contribution in [-0.2, 0) is 6.42 Å². The Labute approximate surface area is 183 Å². The highest BCUT2D eigenvalue weighted by Gasteiger charge is 2.21. The summed E-state index contributed by atoms with van der Waals surface area (Å²) in [5.41, 5.74) is 9.65. The fraction of sp³-hybridized carbons (Fsp3) is 0.0345. The number of rotatable bonds is 1. The zero-order valence-corrected chi connectivity index (χ0v) is 17.2. The summed E-state index contributed by atoms with van der Waals surface area (Å²) < 4.78 is 2.40. The van der Waals surface area contributed by atoms with Crippen LogP contribution >= 0.6 is 0 Å². The van der Waals surface area contributed by atoms with Gasteiger partial charge in [0.1, 0.15) is 0 Å². The van der Waals surface area contributed by atoms with Gasteiger partial charge in [-0.3, -0.25) is 0 Å². The summed E-state index contributed by atoms with van der Waals surface area (Å²) in [7, 11) is 0. The molecule has 1 aliphatic rings. The molecule has 3 nitrogen and oxygen atoms in total. The van der Waals surface area contributed by atoms with Crippen molar-refractivity contribution in [3.63, 3.8) is 0 Å². The number of hydrogen-bond donors (Lipinski definition) is 0. The lowest BCUT2D eigenvalue weighted by Gasteiger charge is -2.05. The van der Waals surface area contributed by atoms with Gasteiger partial charge >= 0.3 is 0 Å². The molecule has 8 rings (SSSR count). The summed E-state index contributed by atoms with van der Waals surface area (Å²) in [6.07, 6.45) is 2.92. The topological polar surface area (TPSA) is 30.2 Å². The average Bonchev–Trinajstić information content (AvgIpc) is 3.50. The predicted octanol–water partition coefficient (Wildman–Crippen LogP) is 6.86. The molecule has 0 N–H and O–H groups in total. The number of fused-ring (bicyclic) bond motifs is 9. The van der Waals surface area contributed by atoms with Crippen molar-refractivity contribution in [2.45, 2.75) is 6.42 Å². The molecule has 3 heterocycles. The van der Waals surface area contributed by atoms with Crippen molar-refractivity contribution in [1.29, 1.82) is 0 Å². The van der Waals surface area contributed by atoms with Crippen molar-refractivity contribution in [3.05, 3.63) is 102 Å². The van der Waals surface area contributed by atoms with Crippen molar-refractivity contribution < 1.29 is 0 Å². The zero-order chi connectivity index (χ0) is 20.8. The van der Waals surface area contributed by atoms with Crippen molar-refractivity contribution in [2.75, 3.05) is 0 Å². The first-order chi connectivity index (χ1) is 15.9. The van der Waals surface area contributed by atoms with E-state index in [1.807, 2.05) is 6.20 Å². The Balaban J connectivity index is 1.42. The van der Waals surface area contributed by atoms with Gasteiger partial charge in [0.25, 0.3) is 0 Å². The van der Waals surface area contributed by atoms with E-state index in [4.69, 9.17) is 9.97 Å². The van der Waals surface area contributed by atoms with Gasteiger partial charge in [-0.05, 0) is 17.7 Å². The average molecular weight is 407 g/mol. The summed E-state index contributed by atoms with van der Waals surface area (Å²) in [5.74, 6) is 0.784. The Bertz CT molecular complexity index is 1860. The van der Waals surface area contributed by atoms with Crippen molar-refractivity contribution in [3.8, 4) is 22.6 Å². The first-order valence-corrected chi connectivity index (χ1v) is 11.0. The summed E-state index contributed by atoms with van der Waals surface area (Å²) in [4.78, 5) is 9.77. The number of para-hydroxylation sites is 2. The van der Waals surface area contributed by atoms with E-state index in [-0.39, 0.29) is 0 Å². The summed E-state index contributed by atoms with van der Waals surface area (Å²) >= 11 is 0. The Morgan fingerprint density at radius 3 is 2.38 bits per heavy atom. The van der Waals surface area contributed by atoms with Gasteiger partial charge in [-0.15, -0.1) is 0 Å². The fourth-order valence-corrected chi connectivity index (χ4v) is 5.59. The van der Waals surface area contributed by atoms with Gasteiger partial charge in [0.05, 0.1) is 22.2 Å². The van der Waals surface area contributed by atoms with E-state index >= 15 is 0 Å². The Kier molecular flexibility index (Phi) is 2.94. The summed E-state index contributed by atoms with van der Waals surface area (Å²) in [6.45, 7) is 0.